The molecular weight excluding hydrogens is 190 g/mol. The fourth-order valence-electron chi connectivity index (χ4n) is 1.30. The van der Waals surface area contributed by atoms with Crippen molar-refractivity contribution in [1.82, 2.24) is 5.32 Å². The van der Waals surface area contributed by atoms with E-state index in [0.717, 1.165) is 18.7 Å². The molecule has 1 N–H and O–H groups in total. The monoisotopic (exact) mass is 207 g/mol. The Hall–Kier alpha value is -0.730. The molecule has 14 heavy (non-hydrogen) atoms. The number of benzene rings is 1. The maximum absolute atomic E-state index is 4.16. The standard InChI is InChI=1S/C12H17NS/c1-13-10-12-7-4-6-11(9-12)5-2-3-8-14/h2,4-7,9,13-14H,3,8,10H2,1H3. The van der Waals surface area contributed by atoms with Gasteiger partial charge < -0.3 is 5.32 Å². The molecule has 0 atom stereocenters. The average molecular weight is 207 g/mol. The molecule has 0 saturated carbocycles. The van der Waals surface area contributed by atoms with Crippen LogP contribution >= 0.6 is 12.6 Å². The SMILES string of the molecule is CNCc1cccc(C=CCCS)c1. The molecule has 0 aliphatic rings. The lowest BCUT2D eigenvalue weighted by Gasteiger charge is -2.00. The third-order valence-corrected chi connectivity index (χ3v) is 2.20. The van der Waals surface area contributed by atoms with E-state index >= 15 is 0 Å². The first-order valence-electron chi connectivity index (χ1n) is 4.87. The van der Waals surface area contributed by atoms with Gasteiger partial charge in [0, 0.05) is 6.54 Å². The predicted octanol–water partition coefficient (Wildman–Crippen LogP) is 2.74. The highest BCUT2D eigenvalue weighted by Crippen LogP contribution is 2.07. The van der Waals surface area contributed by atoms with Gasteiger partial charge in [0.2, 0.25) is 0 Å². The maximum Gasteiger partial charge on any atom is 0.0202 e. The summed E-state index contributed by atoms with van der Waals surface area (Å²) in [5, 5.41) is 3.14. The Balaban J connectivity index is 2.63. The van der Waals surface area contributed by atoms with Gasteiger partial charge >= 0.3 is 0 Å². The van der Waals surface area contributed by atoms with Crippen LogP contribution in [0.5, 0.6) is 0 Å². The second-order valence-corrected chi connectivity index (χ2v) is 3.64. The lowest BCUT2D eigenvalue weighted by molar-refractivity contribution is 0.818. The Morgan fingerprint density at radius 3 is 3.00 bits per heavy atom. The summed E-state index contributed by atoms with van der Waals surface area (Å²) in [6, 6.07) is 8.54. The molecular formula is C12H17NS. The topological polar surface area (TPSA) is 12.0 Å². The van der Waals surface area contributed by atoms with Crippen LogP contribution in [0.1, 0.15) is 17.5 Å². The molecule has 1 rings (SSSR count). The summed E-state index contributed by atoms with van der Waals surface area (Å²) in [5.41, 5.74) is 2.58. The van der Waals surface area contributed by atoms with Crippen molar-refractivity contribution in [3.8, 4) is 0 Å². The van der Waals surface area contributed by atoms with Crippen LogP contribution in [0, 0.1) is 0 Å². The number of rotatable bonds is 5. The molecule has 0 heterocycles. The van der Waals surface area contributed by atoms with Crippen LogP contribution in [0.3, 0.4) is 0 Å². The summed E-state index contributed by atoms with van der Waals surface area (Å²) < 4.78 is 0. The van der Waals surface area contributed by atoms with Gasteiger partial charge in [0.15, 0.2) is 0 Å². The van der Waals surface area contributed by atoms with Crippen LogP contribution < -0.4 is 5.32 Å². The molecule has 0 spiro atoms. The van der Waals surface area contributed by atoms with Gasteiger partial charge in [-0.15, -0.1) is 0 Å². The van der Waals surface area contributed by atoms with Crippen molar-refractivity contribution in [2.75, 3.05) is 12.8 Å². The van der Waals surface area contributed by atoms with Crippen LogP contribution in [0.2, 0.25) is 0 Å². The summed E-state index contributed by atoms with van der Waals surface area (Å²) >= 11 is 4.16. The third kappa shape index (κ3) is 3.99. The molecule has 0 unspecified atom stereocenters. The smallest absolute Gasteiger partial charge is 0.0202 e. The zero-order valence-electron chi connectivity index (χ0n) is 8.53. The normalized spacial score (nSPS) is 11.0. The first-order chi connectivity index (χ1) is 6.86. The first-order valence-corrected chi connectivity index (χ1v) is 5.51. The minimum atomic E-state index is 0.909. The molecule has 0 aromatic heterocycles. The molecule has 1 nitrogen and oxygen atoms in total. The molecule has 0 bridgehead atoms. The average Bonchev–Trinajstić information content (AvgIpc) is 2.19. The highest BCUT2D eigenvalue weighted by molar-refractivity contribution is 7.80. The van der Waals surface area contributed by atoms with E-state index in [4.69, 9.17) is 0 Å². The van der Waals surface area contributed by atoms with Crippen LogP contribution in [0.15, 0.2) is 30.3 Å². The molecule has 0 radical (unpaired) electrons. The maximum atomic E-state index is 4.16. The Morgan fingerprint density at radius 1 is 1.43 bits per heavy atom. The highest BCUT2D eigenvalue weighted by Gasteiger charge is 1.91. The quantitative estimate of drug-likeness (QED) is 0.708. The van der Waals surface area contributed by atoms with Crippen LogP contribution in [-0.4, -0.2) is 12.8 Å². The number of hydrogen-bond donors (Lipinski definition) is 2. The zero-order chi connectivity index (χ0) is 10.2. The van der Waals surface area contributed by atoms with Gasteiger partial charge in [0.1, 0.15) is 0 Å². The minimum absolute atomic E-state index is 0.909. The second kappa shape index (κ2) is 6.68. The van der Waals surface area contributed by atoms with Crippen molar-refractivity contribution < 1.29 is 0 Å². The van der Waals surface area contributed by atoms with Gasteiger partial charge in [-0.3, -0.25) is 0 Å². The summed E-state index contributed by atoms with van der Waals surface area (Å²) in [7, 11) is 1.96. The summed E-state index contributed by atoms with van der Waals surface area (Å²) in [4.78, 5) is 0. The predicted molar refractivity (Wildman–Crippen MR) is 66.7 cm³/mol. The van der Waals surface area contributed by atoms with Crippen LogP contribution in [0.4, 0.5) is 0 Å². The molecule has 0 aliphatic heterocycles. The first kappa shape index (κ1) is 11.3. The van der Waals surface area contributed by atoms with Crippen molar-refractivity contribution in [3.63, 3.8) is 0 Å². The Kier molecular flexibility index (Phi) is 5.42. The summed E-state index contributed by atoms with van der Waals surface area (Å²) in [6.45, 7) is 0.925. The van der Waals surface area contributed by atoms with E-state index in [0.29, 0.717) is 0 Å². The van der Waals surface area contributed by atoms with Gasteiger partial charge in [-0.1, -0.05) is 36.4 Å². The van der Waals surface area contributed by atoms with E-state index in [1.165, 1.54) is 11.1 Å². The fourth-order valence-corrected chi connectivity index (χ4v) is 1.45. The summed E-state index contributed by atoms with van der Waals surface area (Å²) in [6.07, 6.45) is 5.33. The van der Waals surface area contributed by atoms with Crippen LogP contribution in [-0.2, 0) is 6.54 Å². The fraction of sp³-hybridized carbons (Fsp3) is 0.333. The molecule has 0 amide bonds. The highest BCUT2D eigenvalue weighted by atomic mass is 32.1. The van der Waals surface area contributed by atoms with Crippen molar-refractivity contribution >= 4 is 18.7 Å². The molecule has 1 aromatic carbocycles. The van der Waals surface area contributed by atoms with Gasteiger partial charge in [0.25, 0.3) is 0 Å². The number of allylic oxidation sites excluding steroid dienone is 1. The molecule has 76 valence electrons. The van der Waals surface area contributed by atoms with E-state index in [1.807, 2.05) is 7.05 Å². The van der Waals surface area contributed by atoms with Gasteiger partial charge in [-0.05, 0) is 30.3 Å². The molecule has 1 aromatic rings. The van der Waals surface area contributed by atoms with Crippen molar-refractivity contribution in [2.45, 2.75) is 13.0 Å². The molecule has 0 aliphatic carbocycles. The number of hydrogen-bond acceptors (Lipinski definition) is 2. The van der Waals surface area contributed by atoms with E-state index in [1.54, 1.807) is 0 Å². The number of nitrogens with one attached hydrogen (secondary N) is 1. The Morgan fingerprint density at radius 2 is 2.29 bits per heavy atom. The Bertz CT molecular complexity index is 294. The minimum Gasteiger partial charge on any atom is -0.316 e. The van der Waals surface area contributed by atoms with E-state index in [2.05, 4.69) is 54.4 Å². The molecule has 2 heteroatoms. The largest absolute Gasteiger partial charge is 0.316 e. The molecule has 0 saturated heterocycles. The van der Waals surface area contributed by atoms with Crippen molar-refractivity contribution in [2.24, 2.45) is 0 Å². The lowest BCUT2D eigenvalue weighted by atomic mass is 10.1. The van der Waals surface area contributed by atoms with E-state index in [-0.39, 0.29) is 0 Å². The van der Waals surface area contributed by atoms with Crippen molar-refractivity contribution in [1.29, 1.82) is 0 Å². The second-order valence-electron chi connectivity index (χ2n) is 3.19. The molecule has 0 fully saturated rings. The third-order valence-electron chi connectivity index (χ3n) is 1.94. The van der Waals surface area contributed by atoms with E-state index < -0.39 is 0 Å². The van der Waals surface area contributed by atoms with Crippen molar-refractivity contribution in [3.05, 3.63) is 41.5 Å². The lowest BCUT2D eigenvalue weighted by Crippen LogP contribution is -2.04. The Labute approximate surface area is 91.6 Å². The van der Waals surface area contributed by atoms with Gasteiger partial charge in [-0.25, -0.2) is 0 Å². The van der Waals surface area contributed by atoms with Crippen LogP contribution in [0.25, 0.3) is 6.08 Å². The van der Waals surface area contributed by atoms with E-state index in [9.17, 15) is 0 Å². The zero-order valence-corrected chi connectivity index (χ0v) is 9.43. The number of thiol groups is 1. The van der Waals surface area contributed by atoms with Gasteiger partial charge in [0.05, 0.1) is 0 Å². The van der Waals surface area contributed by atoms with Gasteiger partial charge in [-0.2, -0.15) is 12.6 Å². The summed E-state index contributed by atoms with van der Waals surface area (Å²) in [5.74, 6) is 0.909.